The fraction of sp³-hybridized carbons (Fsp3) is 0.800. The normalized spacial score (nSPS) is 17.1. The molecule has 1 aromatic heterocycles. The molecule has 108 valence electrons. The summed E-state index contributed by atoms with van der Waals surface area (Å²) >= 11 is 0. The maximum atomic E-state index is 6.05. The Hall–Kier alpha value is -0.870. The molecule has 0 radical (unpaired) electrons. The van der Waals surface area contributed by atoms with Crippen LogP contribution >= 0.6 is 0 Å². The van der Waals surface area contributed by atoms with Gasteiger partial charge in [0.05, 0.1) is 12.2 Å². The summed E-state index contributed by atoms with van der Waals surface area (Å²) < 4.78 is 2.04. The van der Waals surface area contributed by atoms with E-state index < -0.39 is 0 Å². The first-order valence-electron chi connectivity index (χ1n) is 7.78. The van der Waals surface area contributed by atoms with Gasteiger partial charge in [0, 0.05) is 30.9 Å². The van der Waals surface area contributed by atoms with Gasteiger partial charge >= 0.3 is 0 Å². The number of hydrogen-bond acceptors (Lipinski definition) is 3. The highest BCUT2D eigenvalue weighted by atomic mass is 15.3. The monoisotopic (exact) mass is 264 g/mol. The Balaban J connectivity index is 2.06. The Labute approximate surface area is 117 Å². The molecule has 1 saturated carbocycles. The minimum atomic E-state index is 0.352. The predicted octanol–water partition coefficient (Wildman–Crippen LogP) is 2.56. The van der Waals surface area contributed by atoms with E-state index in [4.69, 9.17) is 5.73 Å². The lowest BCUT2D eigenvalue weighted by molar-refractivity contribution is 0.188. The summed E-state index contributed by atoms with van der Waals surface area (Å²) in [5, 5.41) is 4.45. The van der Waals surface area contributed by atoms with Gasteiger partial charge in [0.25, 0.3) is 0 Å². The highest BCUT2D eigenvalue weighted by molar-refractivity contribution is 5.13. The highest BCUT2D eigenvalue weighted by Gasteiger charge is 2.34. The Morgan fingerprint density at radius 2 is 2.21 bits per heavy atom. The molecule has 1 aliphatic carbocycles. The number of aryl methyl sites for hydroxylation is 1. The van der Waals surface area contributed by atoms with E-state index in [0.717, 1.165) is 19.0 Å². The van der Waals surface area contributed by atoms with Crippen molar-refractivity contribution in [3.05, 3.63) is 18.0 Å². The quantitative estimate of drug-likeness (QED) is 0.745. The van der Waals surface area contributed by atoms with Crippen LogP contribution in [0, 0.1) is 0 Å². The van der Waals surface area contributed by atoms with Gasteiger partial charge < -0.3 is 5.73 Å². The molecule has 1 unspecified atom stereocenters. The van der Waals surface area contributed by atoms with Gasteiger partial charge in [0.2, 0.25) is 0 Å². The molecule has 0 spiro atoms. The summed E-state index contributed by atoms with van der Waals surface area (Å²) in [4.78, 5) is 2.61. The fourth-order valence-corrected chi connectivity index (χ4v) is 2.71. The first kappa shape index (κ1) is 14.5. The Bertz CT molecular complexity index is 370. The van der Waals surface area contributed by atoms with Crippen molar-refractivity contribution in [1.29, 1.82) is 0 Å². The molecule has 0 aromatic carbocycles. The summed E-state index contributed by atoms with van der Waals surface area (Å²) in [6, 6.07) is 1.11. The molecule has 4 nitrogen and oxygen atoms in total. The second-order valence-corrected chi connectivity index (χ2v) is 5.61. The van der Waals surface area contributed by atoms with Crippen LogP contribution in [0.5, 0.6) is 0 Å². The van der Waals surface area contributed by atoms with Crippen LogP contribution < -0.4 is 5.73 Å². The van der Waals surface area contributed by atoms with Crippen LogP contribution in [0.1, 0.15) is 57.6 Å². The topological polar surface area (TPSA) is 47.1 Å². The standard InChI is InChI=1S/C15H28N4/c1-3-5-9-19(14-6-7-14)15(10-16)13-11-17-18(12-13)8-4-2/h11-12,14-15H,3-10,16H2,1-2H3. The van der Waals surface area contributed by atoms with E-state index in [9.17, 15) is 0 Å². The Morgan fingerprint density at radius 1 is 1.42 bits per heavy atom. The minimum absolute atomic E-state index is 0.352. The molecule has 19 heavy (non-hydrogen) atoms. The van der Waals surface area contributed by atoms with Crippen molar-refractivity contribution >= 4 is 0 Å². The van der Waals surface area contributed by atoms with Crippen molar-refractivity contribution in [3.8, 4) is 0 Å². The lowest BCUT2D eigenvalue weighted by atomic mass is 10.1. The number of unbranched alkanes of at least 4 members (excludes halogenated alkanes) is 1. The van der Waals surface area contributed by atoms with E-state index in [1.165, 1.54) is 37.8 Å². The van der Waals surface area contributed by atoms with Gasteiger partial charge in [0.1, 0.15) is 0 Å². The highest BCUT2D eigenvalue weighted by Crippen LogP contribution is 2.34. The van der Waals surface area contributed by atoms with E-state index in [-0.39, 0.29) is 0 Å². The summed E-state index contributed by atoms with van der Waals surface area (Å²) in [5.41, 5.74) is 7.34. The maximum absolute atomic E-state index is 6.05. The SMILES string of the molecule is CCCCN(C1CC1)C(CN)c1cnn(CCC)c1. The Kier molecular flexibility index (Phi) is 5.40. The van der Waals surface area contributed by atoms with Gasteiger partial charge in [-0.1, -0.05) is 20.3 Å². The zero-order valence-corrected chi connectivity index (χ0v) is 12.4. The van der Waals surface area contributed by atoms with Crippen LogP contribution in [0.15, 0.2) is 12.4 Å². The number of hydrogen-bond donors (Lipinski definition) is 1. The minimum Gasteiger partial charge on any atom is -0.329 e. The van der Waals surface area contributed by atoms with Gasteiger partial charge in [-0.15, -0.1) is 0 Å². The van der Waals surface area contributed by atoms with Gasteiger partial charge in [-0.25, -0.2) is 0 Å². The van der Waals surface area contributed by atoms with Crippen LogP contribution in [0.25, 0.3) is 0 Å². The molecule has 0 amide bonds. The average molecular weight is 264 g/mol. The van der Waals surface area contributed by atoms with Crippen molar-refractivity contribution in [3.63, 3.8) is 0 Å². The molecule has 1 fully saturated rings. The van der Waals surface area contributed by atoms with E-state index in [1.54, 1.807) is 0 Å². The lowest BCUT2D eigenvalue weighted by Gasteiger charge is -2.30. The molecular formula is C15H28N4. The molecule has 4 heteroatoms. The smallest absolute Gasteiger partial charge is 0.0538 e. The first-order valence-corrected chi connectivity index (χ1v) is 7.78. The predicted molar refractivity (Wildman–Crippen MR) is 78.9 cm³/mol. The number of rotatable bonds is 9. The third kappa shape index (κ3) is 3.80. The summed E-state index contributed by atoms with van der Waals surface area (Å²) in [5.74, 6) is 0. The molecule has 0 aliphatic heterocycles. The van der Waals surface area contributed by atoms with Gasteiger partial charge in [-0.3, -0.25) is 9.58 Å². The number of nitrogens with zero attached hydrogens (tertiary/aromatic N) is 3. The molecular weight excluding hydrogens is 236 g/mol. The average Bonchev–Trinajstić information content (AvgIpc) is 3.16. The Morgan fingerprint density at radius 3 is 2.79 bits per heavy atom. The molecule has 1 aliphatic rings. The van der Waals surface area contributed by atoms with Crippen LogP contribution in [0.3, 0.4) is 0 Å². The second-order valence-electron chi connectivity index (χ2n) is 5.61. The molecule has 0 bridgehead atoms. The molecule has 1 aromatic rings. The van der Waals surface area contributed by atoms with Crippen molar-refractivity contribution in [1.82, 2.24) is 14.7 Å². The molecule has 1 heterocycles. The number of nitrogens with two attached hydrogens (primary N) is 1. The van der Waals surface area contributed by atoms with Gasteiger partial charge in [0.15, 0.2) is 0 Å². The van der Waals surface area contributed by atoms with Crippen molar-refractivity contribution < 1.29 is 0 Å². The van der Waals surface area contributed by atoms with Crippen LogP contribution in [-0.2, 0) is 6.54 Å². The summed E-state index contributed by atoms with van der Waals surface area (Å²) in [7, 11) is 0. The van der Waals surface area contributed by atoms with Crippen molar-refractivity contribution in [2.75, 3.05) is 13.1 Å². The van der Waals surface area contributed by atoms with E-state index in [0.29, 0.717) is 12.6 Å². The summed E-state index contributed by atoms with van der Waals surface area (Å²) in [6.07, 6.45) is 10.5. The molecule has 2 rings (SSSR count). The maximum Gasteiger partial charge on any atom is 0.0538 e. The zero-order valence-electron chi connectivity index (χ0n) is 12.4. The molecule has 2 N–H and O–H groups in total. The third-order valence-electron chi connectivity index (χ3n) is 3.90. The van der Waals surface area contributed by atoms with Crippen LogP contribution in [0.2, 0.25) is 0 Å². The third-order valence-corrected chi connectivity index (χ3v) is 3.90. The zero-order chi connectivity index (χ0) is 13.7. The van der Waals surface area contributed by atoms with Crippen molar-refractivity contribution in [2.45, 2.75) is 64.6 Å². The fourth-order valence-electron chi connectivity index (χ4n) is 2.71. The first-order chi connectivity index (χ1) is 9.30. The largest absolute Gasteiger partial charge is 0.329 e. The van der Waals surface area contributed by atoms with Crippen LogP contribution in [0.4, 0.5) is 0 Å². The van der Waals surface area contributed by atoms with Crippen LogP contribution in [-0.4, -0.2) is 33.8 Å². The van der Waals surface area contributed by atoms with Gasteiger partial charge in [-0.2, -0.15) is 5.10 Å². The van der Waals surface area contributed by atoms with Gasteiger partial charge in [-0.05, 0) is 32.2 Å². The molecule has 1 atom stereocenters. The number of aromatic nitrogens is 2. The van der Waals surface area contributed by atoms with E-state index in [1.807, 2.05) is 10.9 Å². The van der Waals surface area contributed by atoms with E-state index in [2.05, 4.69) is 30.0 Å². The second kappa shape index (κ2) is 7.06. The molecule has 0 saturated heterocycles. The lowest BCUT2D eigenvalue weighted by Crippen LogP contribution is -2.36. The van der Waals surface area contributed by atoms with E-state index >= 15 is 0 Å². The summed E-state index contributed by atoms with van der Waals surface area (Å²) in [6.45, 7) is 7.29. The van der Waals surface area contributed by atoms with Crippen molar-refractivity contribution in [2.24, 2.45) is 5.73 Å².